The van der Waals surface area contributed by atoms with Crippen LogP contribution >= 0.6 is 11.6 Å². The first kappa shape index (κ1) is 13.9. The smallest absolute Gasteiger partial charge is 0.141 e. The lowest BCUT2D eigenvalue weighted by Crippen LogP contribution is -1.98. The van der Waals surface area contributed by atoms with Crippen molar-refractivity contribution in [1.82, 2.24) is 0 Å². The Balaban J connectivity index is 3.09. The fraction of sp³-hybridized carbons (Fsp3) is 0.429. The molecule has 1 aromatic carbocycles. The summed E-state index contributed by atoms with van der Waals surface area (Å²) in [5, 5.41) is 0.621. The van der Waals surface area contributed by atoms with Crippen LogP contribution < -0.4 is 9.47 Å². The minimum atomic E-state index is 0.365. The van der Waals surface area contributed by atoms with Crippen molar-refractivity contribution in [2.24, 2.45) is 0 Å². The van der Waals surface area contributed by atoms with E-state index < -0.39 is 0 Å². The van der Waals surface area contributed by atoms with Crippen molar-refractivity contribution < 1.29 is 9.47 Å². The van der Waals surface area contributed by atoms with Gasteiger partial charge >= 0.3 is 0 Å². The van der Waals surface area contributed by atoms with Crippen LogP contribution in [-0.2, 0) is 0 Å². The maximum atomic E-state index is 6.14. The van der Waals surface area contributed by atoms with Crippen molar-refractivity contribution in [1.29, 1.82) is 0 Å². The summed E-state index contributed by atoms with van der Waals surface area (Å²) in [6.07, 6.45) is 5.16. The summed E-state index contributed by atoms with van der Waals surface area (Å²) in [5.41, 5.74) is 1.11. The molecule has 0 N–H and O–H groups in total. The SMILES string of the molecule is C/C=C\CC(C)c1cc(Cl)c(OC)cc1OC. The van der Waals surface area contributed by atoms with Gasteiger partial charge in [-0.2, -0.15) is 0 Å². The molecule has 0 fully saturated rings. The first-order valence-corrected chi connectivity index (χ1v) is 6.04. The van der Waals surface area contributed by atoms with Crippen LogP contribution in [0.4, 0.5) is 0 Å². The second-order valence-corrected chi connectivity index (χ2v) is 4.34. The molecule has 0 saturated carbocycles. The highest BCUT2D eigenvalue weighted by Gasteiger charge is 2.14. The van der Waals surface area contributed by atoms with Gasteiger partial charge in [0, 0.05) is 6.07 Å². The highest BCUT2D eigenvalue weighted by atomic mass is 35.5. The highest BCUT2D eigenvalue weighted by Crippen LogP contribution is 2.37. The quantitative estimate of drug-likeness (QED) is 0.724. The molecule has 0 aromatic heterocycles. The summed E-state index contributed by atoms with van der Waals surface area (Å²) < 4.78 is 10.6. The Morgan fingerprint density at radius 1 is 1.24 bits per heavy atom. The standard InChI is InChI=1S/C14H19ClO2/c1-5-6-7-10(2)11-8-12(15)14(17-4)9-13(11)16-3/h5-6,8-10H,7H2,1-4H3/b6-5-. The first-order chi connectivity index (χ1) is 8.13. The van der Waals surface area contributed by atoms with Crippen LogP contribution in [0.5, 0.6) is 11.5 Å². The average molecular weight is 255 g/mol. The molecule has 1 atom stereocenters. The predicted octanol–water partition coefficient (Wildman–Crippen LogP) is 4.43. The number of rotatable bonds is 5. The third kappa shape index (κ3) is 3.40. The van der Waals surface area contributed by atoms with Crippen molar-refractivity contribution in [2.75, 3.05) is 14.2 Å². The van der Waals surface area contributed by atoms with E-state index in [9.17, 15) is 0 Å². The summed E-state index contributed by atoms with van der Waals surface area (Å²) in [6.45, 7) is 4.17. The summed E-state index contributed by atoms with van der Waals surface area (Å²) in [6, 6.07) is 3.76. The van der Waals surface area contributed by atoms with Crippen LogP contribution in [-0.4, -0.2) is 14.2 Å². The molecule has 0 spiro atoms. The van der Waals surface area contributed by atoms with Gasteiger partial charge in [0.25, 0.3) is 0 Å². The fourth-order valence-corrected chi connectivity index (χ4v) is 1.98. The predicted molar refractivity (Wildman–Crippen MR) is 72.4 cm³/mol. The Morgan fingerprint density at radius 3 is 2.41 bits per heavy atom. The molecule has 1 aromatic rings. The largest absolute Gasteiger partial charge is 0.496 e. The molecule has 2 nitrogen and oxygen atoms in total. The lowest BCUT2D eigenvalue weighted by atomic mass is 9.96. The summed E-state index contributed by atoms with van der Waals surface area (Å²) in [4.78, 5) is 0. The van der Waals surface area contributed by atoms with Crippen molar-refractivity contribution in [2.45, 2.75) is 26.2 Å². The number of hydrogen-bond acceptors (Lipinski definition) is 2. The van der Waals surface area contributed by atoms with E-state index >= 15 is 0 Å². The Kier molecular flexibility index (Phi) is 5.36. The lowest BCUT2D eigenvalue weighted by molar-refractivity contribution is 0.389. The van der Waals surface area contributed by atoms with E-state index in [1.54, 1.807) is 14.2 Å². The van der Waals surface area contributed by atoms with Gasteiger partial charge in [-0.15, -0.1) is 0 Å². The Morgan fingerprint density at radius 2 is 1.88 bits per heavy atom. The third-order valence-electron chi connectivity index (χ3n) is 2.76. The lowest BCUT2D eigenvalue weighted by Gasteiger charge is -2.16. The molecule has 1 rings (SSSR count). The number of benzene rings is 1. The number of allylic oxidation sites excluding steroid dienone is 2. The van der Waals surface area contributed by atoms with Crippen LogP contribution in [0.1, 0.15) is 31.7 Å². The zero-order valence-electron chi connectivity index (χ0n) is 10.8. The maximum absolute atomic E-state index is 6.14. The maximum Gasteiger partial charge on any atom is 0.141 e. The normalized spacial score (nSPS) is 12.8. The van der Waals surface area contributed by atoms with Crippen molar-refractivity contribution in [3.8, 4) is 11.5 Å². The van der Waals surface area contributed by atoms with Crippen molar-refractivity contribution in [3.05, 3.63) is 34.9 Å². The van der Waals surface area contributed by atoms with E-state index in [2.05, 4.69) is 13.0 Å². The third-order valence-corrected chi connectivity index (χ3v) is 3.06. The highest BCUT2D eigenvalue weighted by molar-refractivity contribution is 6.32. The van der Waals surface area contributed by atoms with Gasteiger partial charge in [-0.3, -0.25) is 0 Å². The molecule has 17 heavy (non-hydrogen) atoms. The molecular formula is C14H19ClO2. The van der Waals surface area contributed by atoms with E-state index in [0.29, 0.717) is 16.7 Å². The van der Waals surface area contributed by atoms with Crippen LogP contribution in [0, 0.1) is 0 Å². The summed E-state index contributed by atoms with van der Waals surface area (Å²) in [7, 11) is 3.26. The molecule has 0 heterocycles. The van der Waals surface area contributed by atoms with Crippen molar-refractivity contribution in [3.63, 3.8) is 0 Å². The first-order valence-electron chi connectivity index (χ1n) is 5.66. The minimum absolute atomic E-state index is 0.365. The molecule has 0 bridgehead atoms. The van der Waals surface area contributed by atoms with Crippen LogP contribution in [0.15, 0.2) is 24.3 Å². The number of methoxy groups -OCH3 is 2. The van der Waals surface area contributed by atoms with Gasteiger partial charge in [-0.05, 0) is 30.9 Å². The van der Waals surface area contributed by atoms with Gasteiger partial charge in [0.15, 0.2) is 0 Å². The number of halogens is 1. The summed E-state index contributed by atoms with van der Waals surface area (Å²) in [5.74, 6) is 1.83. The van der Waals surface area contributed by atoms with Crippen LogP contribution in [0.3, 0.4) is 0 Å². The molecule has 0 aliphatic rings. The topological polar surface area (TPSA) is 18.5 Å². The van der Waals surface area contributed by atoms with Gasteiger partial charge in [0.1, 0.15) is 11.5 Å². The molecule has 0 radical (unpaired) electrons. The molecule has 0 saturated heterocycles. The molecule has 0 aliphatic heterocycles. The summed E-state index contributed by atoms with van der Waals surface area (Å²) >= 11 is 6.14. The van der Waals surface area contributed by atoms with Gasteiger partial charge in [0.05, 0.1) is 19.2 Å². The molecule has 0 aliphatic carbocycles. The van der Waals surface area contributed by atoms with Crippen LogP contribution in [0.25, 0.3) is 0 Å². The Hall–Kier alpha value is -1.15. The molecule has 1 unspecified atom stereocenters. The number of ether oxygens (including phenoxy) is 2. The second kappa shape index (κ2) is 6.55. The molecule has 3 heteroatoms. The van der Waals surface area contributed by atoms with E-state index in [1.165, 1.54) is 0 Å². The Bertz CT molecular complexity index is 399. The molecular weight excluding hydrogens is 236 g/mol. The van der Waals surface area contributed by atoms with Gasteiger partial charge in [0.2, 0.25) is 0 Å². The zero-order chi connectivity index (χ0) is 12.8. The number of hydrogen-bond donors (Lipinski definition) is 0. The monoisotopic (exact) mass is 254 g/mol. The second-order valence-electron chi connectivity index (χ2n) is 3.93. The van der Waals surface area contributed by atoms with Gasteiger partial charge < -0.3 is 9.47 Å². The molecule has 0 amide bonds. The van der Waals surface area contributed by atoms with E-state index in [0.717, 1.165) is 17.7 Å². The van der Waals surface area contributed by atoms with E-state index in [4.69, 9.17) is 21.1 Å². The van der Waals surface area contributed by atoms with Crippen LogP contribution in [0.2, 0.25) is 5.02 Å². The van der Waals surface area contributed by atoms with E-state index in [-0.39, 0.29) is 0 Å². The molecule has 94 valence electrons. The Labute approximate surface area is 108 Å². The van der Waals surface area contributed by atoms with Gasteiger partial charge in [-0.1, -0.05) is 30.7 Å². The minimum Gasteiger partial charge on any atom is -0.496 e. The van der Waals surface area contributed by atoms with E-state index in [1.807, 2.05) is 25.1 Å². The van der Waals surface area contributed by atoms with Gasteiger partial charge in [-0.25, -0.2) is 0 Å². The zero-order valence-corrected chi connectivity index (χ0v) is 11.5. The average Bonchev–Trinajstić information content (AvgIpc) is 2.35. The van der Waals surface area contributed by atoms with Crippen molar-refractivity contribution >= 4 is 11.6 Å². The fourth-order valence-electron chi connectivity index (χ4n) is 1.74.